The lowest BCUT2D eigenvalue weighted by Crippen LogP contribution is -2.40. The van der Waals surface area contributed by atoms with Gasteiger partial charge in [-0.05, 0) is 86.9 Å². The number of benzene rings is 3. The molecule has 5 rings (SSSR count). The fourth-order valence-electron chi connectivity index (χ4n) is 5.33. The summed E-state index contributed by atoms with van der Waals surface area (Å²) in [6.07, 6.45) is 1.72. The van der Waals surface area contributed by atoms with Crippen molar-refractivity contribution >= 4 is 29.4 Å². The molecule has 0 saturated heterocycles. The molecule has 3 aromatic carbocycles. The van der Waals surface area contributed by atoms with E-state index in [1.807, 2.05) is 6.92 Å². The van der Waals surface area contributed by atoms with Crippen LogP contribution in [0.25, 0.3) is 6.08 Å². The Labute approximate surface area is 291 Å². The van der Waals surface area contributed by atoms with Gasteiger partial charge in [0.1, 0.15) is 12.4 Å². The number of rotatable bonds is 14. The number of hydrogen-bond acceptors (Lipinski definition) is 11. The maximum atomic E-state index is 14.2. The zero-order valence-electron chi connectivity index (χ0n) is 28.3. The quantitative estimate of drug-likeness (QED) is 0.169. The van der Waals surface area contributed by atoms with E-state index in [1.165, 1.54) is 35.1 Å². The van der Waals surface area contributed by atoms with Gasteiger partial charge in [-0.25, -0.2) is 19.0 Å². The van der Waals surface area contributed by atoms with Crippen molar-refractivity contribution < 1.29 is 42.4 Å². The molecular weight excluding hydrogens is 667 g/mol. The van der Waals surface area contributed by atoms with Gasteiger partial charge in [0, 0.05) is 0 Å². The Morgan fingerprint density at radius 3 is 2.32 bits per heavy atom. The third kappa shape index (κ3) is 8.05. The van der Waals surface area contributed by atoms with Gasteiger partial charge in [-0.15, -0.1) is 0 Å². The minimum Gasteiger partial charge on any atom is -0.490 e. The second kappa shape index (κ2) is 16.3. The molecule has 1 aliphatic heterocycles. The van der Waals surface area contributed by atoms with Gasteiger partial charge in [0.15, 0.2) is 34.4 Å². The van der Waals surface area contributed by atoms with Crippen LogP contribution in [0.1, 0.15) is 50.4 Å². The van der Waals surface area contributed by atoms with Crippen molar-refractivity contribution in [2.24, 2.45) is 4.99 Å². The summed E-state index contributed by atoms with van der Waals surface area (Å²) >= 11 is 1.18. The Morgan fingerprint density at radius 2 is 1.62 bits per heavy atom. The lowest BCUT2D eigenvalue weighted by atomic mass is 9.95. The molecule has 50 heavy (non-hydrogen) atoms. The first kappa shape index (κ1) is 35.9. The highest BCUT2D eigenvalue weighted by Crippen LogP contribution is 2.36. The van der Waals surface area contributed by atoms with Gasteiger partial charge >= 0.3 is 11.9 Å². The van der Waals surface area contributed by atoms with E-state index < -0.39 is 18.0 Å². The number of nitrogens with zero attached hydrogens (tertiary/aromatic N) is 2. The van der Waals surface area contributed by atoms with Crippen molar-refractivity contribution in [1.82, 2.24) is 4.57 Å². The topological polar surface area (TPSA) is 124 Å². The molecule has 2 heterocycles. The third-order valence-electron chi connectivity index (χ3n) is 7.52. The maximum Gasteiger partial charge on any atom is 0.343 e. The molecule has 0 bridgehead atoms. The SMILES string of the molecule is CCOC(=O)C1=C(C)N=c2s/c(=C\c3ccc(OCc4cccc(F)c4)c(OCC)c3)c(=O)n2[C@H]1c1ccc(OCC(=O)OC)c(OCC)c1. The van der Waals surface area contributed by atoms with E-state index in [0.717, 1.165) is 0 Å². The number of allylic oxidation sites excluding steroid dienone is 1. The van der Waals surface area contributed by atoms with Gasteiger partial charge in [0.2, 0.25) is 0 Å². The van der Waals surface area contributed by atoms with Crippen LogP contribution < -0.4 is 33.8 Å². The molecule has 0 saturated carbocycles. The molecule has 0 amide bonds. The number of esters is 2. The molecule has 0 fully saturated rings. The van der Waals surface area contributed by atoms with Crippen molar-refractivity contribution in [3.05, 3.63) is 114 Å². The number of ether oxygens (including phenoxy) is 6. The second-order valence-electron chi connectivity index (χ2n) is 10.9. The van der Waals surface area contributed by atoms with Gasteiger partial charge in [0.25, 0.3) is 5.56 Å². The summed E-state index contributed by atoms with van der Waals surface area (Å²) in [6.45, 7) is 7.64. The molecule has 262 valence electrons. The van der Waals surface area contributed by atoms with Crippen LogP contribution >= 0.6 is 11.3 Å². The number of thiazole rings is 1. The summed E-state index contributed by atoms with van der Waals surface area (Å²) in [6, 6.07) is 15.5. The number of carbonyl (C=O) groups is 2. The number of halogens is 1. The predicted octanol–water partition coefficient (Wildman–Crippen LogP) is 4.87. The monoisotopic (exact) mass is 704 g/mol. The van der Waals surface area contributed by atoms with Crippen molar-refractivity contribution in [1.29, 1.82) is 0 Å². The molecular formula is C37H37FN2O9S. The van der Waals surface area contributed by atoms with E-state index in [4.69, 9.17) is 23.7 Å². The van der Waals surface area contributed by atoms with Crippen LogP contribution in [0, 0.1) is 5.82 Å². The largest absolute Gasteiger partial charge is 0.490 e. The van der Waals surface area contributed by atoms with E-state index in [0.29, 0.717) is 67.9 Å². The summed E-state index contributed by atoms with van der Waals surface area (Å²) in [5.41, 5.74) is 2.11. The van der Waals surface area contributed by atoms with Gasteiger partial charge in [0.05, 0.1) is 48.8 Å². The summed E-state index contributed by atoms with van der Waals surface area (Å²) in [5.74, 6) is 0.0159. The maximum absolute atomic E-state index is 14.2. The number of aromatic nitrogens is 1. The number of carbonyl (C=O) groups excluding carboxylic acids is 2. The fraction of sp³-hybridized carbons (Fsp3) is 0.297. The summed E-state index contributed by atoms with van der Waals surface area (Å²) < 4.78 is 48.9. The van der Waals surface area contributed by atoms with E-state index >= 15 is 0 Å². The molecule has 1 aliphatic rings. The average molecular weight is 705 g/mol. The molecule has 0 unspecified atom stereocenters. The second-order valence-corrected chi connectivity index (χ2v) is 11.9. The lowest BCUT2D eigenvalue weighted by molar-refractivity contribution is -0.143. The molecule has 0 aliphatic carbocycles. The third-order valence-corrected chi connectivity index (χ3v) is 8.51. The summed E-state index contributed by atoms with van der Waals surface area (Å²) in [7, 11) is 1.26. The smallest absolute Gasteiger partial charge is 0.343 e. The van der Waals surface area contributed by atoms with Crippen LogP contribution in [-0.4, -0.2) is 50.0 Å². The van der Waals surface area contributed by atoms with Crippen LogP contribution in [0.2, 0.25) is 0 Å². The molecule has 0 N–H and O–H groups in total. The minimum atomic E-state index is -0.904. The highest BCUT2D eigenvalue weighted by molar-refractivity contribution is 7.07. The highest BCUT2D eigenvalue weighted by Gasteiger charge is 2.34. The molecule has 11 nitrogen and oxygen atoms in total. The normalized spacial score (nSPS) is 14.0. The Kier molecular flexibility index (Phi) is 11.7. The van der Waals surface area contributed by atoms with Gasteiger partial charge in [-0.3, -0.25) is 9.36 Å². The molecule has 4 aromatic rings. The standard InChI is InChI=1S/C37H37FN2O9S/c1-6-45-29-17-23(12-14-27(29)48-20-24-10-9-11-26(38)16-24)18-31-35(42)40-34(33(36(43)47-8-3)22(4)39-37(40)50-31)25-13-15-28(30(19-25)46-7-2)49-21-32(41)44-5/h9-19,34H,6-8,20-21H2,1-5H3/b31-18-/t34-/m0/s1. The first-order chi connectivity index (χ1) is 24.2. The van der Waals surface area contributed by atoms with Gasteiger partial charge in [-0.2, -0.15) is 0 Å². The zero-order valence-corrected chi connectivity index (χ0v) is 29.1. The van der Waals surface area contributed by atoms with Crippen LogP contribution in [0.4, 0.5) is 4.39 Å². The number of methoxy groups -OCH3 is 1. The molecule has 0 spiro atoms. The van der Waals surface area contributed by atoms with Gasteiger partial charge < -0.3 is 28.4 Å². The van der Waals surface area contributed by atoms with Crippen molar-refractivity contribution in [3.8, 4) is 23.0 Å². The van der Waals surface area contributed by atoms with Crippen LogP contribution in [0.5, 0.6) is 23.0 Å². The average Bonchev–Trinajstić information content (AvgIpc) is 3.40. The molecule has 1 atom stereocenters. The van der Waals surface area contributed by atoms with Crippen LogP contribution in [0.15, 0.2) is 81.7 Å². The first-order valence-corrected chi connectivity index (χ1v) is 16.8. The van der Waals surface area contributed by atoms with Crippen molar-refractivity contribution in [3.63, 3.8) is 0 Å². The van der Waals surface area contributed by atoms with Crippen LogP contribution in [0.3, 0.4) is 0 Å². The summed E-state index contributed by atoms with van der Waals surface area (Å²) in [5, 5.41) is 0. The Morgan fingerprint density at radius 1 is 0.900 bits per heavy atom. The fourth-order valence-corrected chi connectivity index (χ4v) is 6.37. The minimum absolute atomic E-state index is 0.126. The Hall–Kier alpha value is -5.43. The van der Waals surface area contributed by atoms with E-state index in [2.05, 4.69) is 9.73 Å². The molecule has 1 aromatic heterocycles. The molecule has 0 radical (unpaired) electrons. The summed E-state index contributed by atoms with van der Waals surface area (Å²) in [4.78, 5) is 44.3. The van der Waals surface area contributed by atoms with E-state index in [9.17, 15) is 18.8 Å². The first-order valence-electron chi connectivity index (χ1n) is 16.0. The zero-order chi connectivity index (χ0) is 35.8. The Bertz CT molecular complexity index is 2100. The highest BCUT2D eigenvalue weighted by atomic mass is 32.1. The number of hydrogen-bond donors (Lipinski definition) is 0. The lowest BCUT2D eigenvalue weighted by Gasteiger charge is -2.25. The van der Waals surface area contributed by atoms with E-state index in [-0.39, 0.29) is 36.8 Å². The molecule has 13 heteroatoms. The predicted molar refractivity (Wildman–Crippen MR) is 184 cm³/mol. The van der Waals surface area contributed by atoms with Crippen molar-refractivity contribution in [2.45, 2.75) is 40.3 Å². The van der Waals surface area contributed by atoms with Crippen molar-refractivity contribution in [2.75, 3.05) is 33.5 Å². The van der Waals surface area contributed by atoms with Crippen LogP contribution in [-0.2, 0) is 25.7 Å². The van der Waals surface area contributed by atoms with E-state index in [1.54, 1.807) is 75.4 Å². The number of fused-ring (bicyclic) bond motifs is 1. The van der Waals surface area contributed by atoms with Gasteiger partial charge in [-0.1, -0.05) is 35.6 Å². The Balaban J connectivity index is 1.57.